The molecule has 0 aliphatic heterocycles. The van der Waals surface area contributed by atoms with Gasteiger partial charge in [-0.15, -0.1) is 0 Å². The molecule has 1 heterocycles. The van der Waals surface area contributed by atoms with Crippen LogP contribution in [0.5, 0.6) is 0 Å². The lowest BCUT2D eigenvalue weighted by Gasteiger charge is -2.48. The second kappa shape index (κ2) is 12.1. The Morgan fingerprint density at radius 1 is 0.412 bits per heavy atom. The number of rotatable bonds is 4. The molecule has 1 aromatic heterocycles. The quantitative estimate of drug-likeness (QED) is 0.188. The predicted molar refractivity (Wildman–Crippen MR) is 209 cm³/mol. The molecule has 10 rings (SSSR count). The van der Waals surface area contributed by atoms with Crippen LogP contribution in [-0.2, 0) is 5.41 Å². The summed E-state index contributed by atoms with van der Waals surface area (Å²) in [5.41, 5.74) is 6.06. The maximum Gasteiger partial charge on any atom is 0.164 e. The topological polar surface area (TPSA) is 38.7 Å². The van der Waals surface area contributed by atoms with Crippen molar-refractivity contribution in [1.29, 1.82) is 0 Å². The van der Waals surface area contributed by atoms with Crippen LogP contribution in [0.3, 0.4) is 0 Å². The summed E-state index contributed by atoms with van der Waals surface area (Å²) in [7, 11) is 0. The smallest absolute Gasteiger partial charge is 0.164 e. The Morgan fingerprint density at radius 3 is 1.73 bits per heavy atom. The minimum Gasteiger partial charge on any atom is -0.208 e. The lowest BCUT2D eigenvalue weighted by atomic mass is 9.56. The van der Waals surface area contributed by atoms with Gasteiger partial charge in [-0.2, -0.15) is 0 Å². The van der Waals surface area contributed by atoms with Crippen LogP contribution in [0.4, 0.5) is 0 Å². The lowest BCUT2D eigenvalue weighted by molar-refractivity contribution is 0.0951. The first kappa shape index (κ1) is 26.4. The van der Waals surface area contributed by atoms with Crippen LogP contribution in [0.2, 0.25) is 0 Å². The molecule has 0 radical (unpaired) electrons. The summed E-state index contributed by atoms with van der Waals surface area (Å²) in [5, 5.41) is 2.22. The number of hydrogen-bond donors (Lipinski definition) is 0. The van der Waals surface area contributed by atoms with Gasteiger partial charge < -0.3 is 0 Å². The maximum atomic E-state index is 9.95. The molecular weight excluding hydrogens is 619 g/mol. The molecule has 0 saturated heterocycles. The normalized spacial score (nSPS) is 20.2. The zero-order chi connectivity index (χ0) is 37.4. The average Bonchev–Trinajstić information content (AvgIpc) is 3.52. The molecule has 0 amide bonds. The van der Waals surface area contributed by atoms with Crippen molar-refractivity contribution in [2.45, 2.75) is 63.1 Å². The summed E-state index contributed by atoms with van der Waals surface area (Å²) in [6.07, 6.45) is 1.99. The highest BCUT2D eigenvalue weighted by molar-refractivity contribution is 5.87. The van der Waals surface area contributed by atoms with E-state index in [-0.39, 0.29) is 5.41 Å². The second-order valence-corrected chi connectivity index (χ2v) is 14.6. The highest BCUT2D eigenvalue weighted by Crippen LogP contribution is 2.61. The van der Waals surface area contributed by atoms with Crippen molar-refractivity contribution in [3.63, 3.8) is 0 Å². The molecule has 51 heavy (non-hydrogen) atoms. The van der Waals surface area contributed by atoms with E-state index < -0.39 is 18.2 Å². The number of aromatic nitrogens is 3. The highest BCUT2D eigenvalue weighted by atomic mass is 15.0. The molecular formula is C48H41N3. The Morgan fingerprint density at radius 2 is 0.961 bits per heavy atom. The van der Waals surface area contributed by atoms with Crippen molar-refractivity contribution in [2.24, 2.45) is 5.41 Å². The van der Waals surface area contributed by atoms with E-state index in [1.54, 1.807) is 0 Å². The van der Waals surface area contributed by atoms with Gasteiger partial charge in [0.25, 0.3) is 0 Å². The molecule has 2 saturated carbocycles. The van der Waals surface area contributed by atoms with Crippen molar-refractivity contribution in [1.82, 2.24) is 15.0 Å². The molecule has 0 atom stereocenters. The van der Waals surface area contributed by atoms with Gasteiger partial charge in [0.1, 0.15) is 0 Å². The van der Waals surface area contributed by atoms with Crippen LogP contribution >= 0.6 is 0 Å². The van der Waals surface area contributed by atoms with Crippen LogP contribution in [0, 0.1) is 5.41 Å². The molecule has 3 nitrogen and oxygen atoms in total. The average molecular weight is 664 g/mol. The fourth-order valence-electron chi connectivity index (χ4n) is 8.75. The fourth-order valence-corrected chi connectivity index (χ4v) is 8.75. The first-order valence-corrected chi connectivity index (χ1v) is 18.3. The summed E-state index contributed by atoms with van der Waals surface area (Å²) < 4.78 is 39.8. The van der Waals surface area contributed by atoms with Crippen LogP contribution in [0.25, 0.3) is 67.2 Å². The molecule has 0 unspecified atom stereocenters. The van der Waals surface area contributed by atoms with E-state index in [0.717, 1.165) is 81.8 Å². The van der Waals surface area contributed by atoms with E-state index in [1.807, 2.05) is 91.0 Å². The fraction of sp³-hybridized carbons (Fsp3) is 0.229. The zero-order valence-electron chi connectivity index (χ0n) is 32.6. The van der Waals surface area contributed by atoms with E-state index in [0.29, 0.717) is 41.4 Å². The van der Waals surface area contributed by atoms with Gasteiger partial charge >= 0.3 is 0 Å². The number of benzene rings is 6. The van der Waals surface area contributed by atoms with E-state index in [2.05, 4.69) is 48.5 Å². The van der Waals surface area contributed by atoms with Gasteiger partial charge in [-0.25, -0.2) is 15.0 Å². The van der Waals surface area contributed by atoms with E-state index in [4.69, 9.17) is 15.0 Å². The molecule has 3 heteroatoms. The summed E-state index contributed by atoms with van der Waals surface area (Å²) in [4.78, 5) is 15.3. The summed E-state index contributed by atoms with van der Waals surface area (Å²) in [6.45, 7) is 0. The van der Waals surface area contributed by atoms with E-state index in [1.165, 1.54) is 0 Å². The first-order valence-electron chi connectivity index (χ1n) is 20.3. The Kier molecular flexibility index (Phi) is 6.28. The predicted octanol–water partition coefficient (Wildman–Crippen LogP) is 12.5. The molecule has 3 aliphatic rings. The molecule has 248 valence electrons. The number of nitrogens with zero attached hydrogens (tertiary/aromatic N) is 3. The van der Waals surface area contributed by atoms with E-state index in [9.17, 15) is 5.48 Å². The van der Waals surface area contributed by atoms with Gasteiger partial charge in [-0.1, -0.05) is 147 Å². The third-order valence-electron chi connectivity index (χ3n) is 11.6. The monoisotopic (exact) mass is 663 g/mol. The molecule has 7 aromatic rings. The van der Waals surface area contributed by atoms with Gasteiger partial charge in [-0.05, 0) is 100 Å². The Labute approximate surface area is 306 Å². The van der Waals surface area contributed by atoms with Crippen molar-refractivity contribution >= 4 is 10.8 Å². The number of fused-ring (bicyclic) bond motifs is 6. The Hall–Kier alpha value is -5.41. The molecule has 0 N–H and O–H groups in total. The molecule has 6 aromatic carbocycles. The zero-order valence-corrected chi connectivity index (χ0v) is 28.6. The van der Waals surface area contributed by atoms with Gasteiger partial charge in [0, 0.05) is 27.6 Å². The minimum absolute atomic E-state index is 0.334. The molecule has 2 spiro atoms. The van der Waals surface area contributed by atoms with Gasteiger partial charge in [0.05, 0.1) is 0 Å². The summed E-state index contributed by atoms with van der Waals surface area (Å²) in [6, 6.07) is 47.0. The molecule has 0 bridgehead atoms. The third-order valence-corrected chi connectivity index (χ3v) is 11.6. The summed E-state index contributed by atoms with van der Waals surface area (Å²) >= 11 is 0. The first-order chi connectivity index (χ1) is 26.7. The van der Waals surface area contributed by atoms with E-state index >= 15 is 0 Å². The van der Waals surface area contributed by atoms with Crippen LogP contribution in [-0.4, -0.2) is 15.0 Å². The summed E-state index contributed by atoms with van der Waals surface area (Å²) in [5.74, 6) is 1.54. The molecule has 3 aliphatic carbocycles. The van der Waals surface area contributed by atoms with Gasteiger partial charge in [0.15, 0.2) is 17.5 Å². The van der Waals surface area contributed by atoms with Crippen molar-refractivity contribution < 1.29 is 5.48 Å². The van der Waals surface area contributed by atoms with Crippen LogP contribution in [0.15, 0.2) is 140 Å². The largest absolute Gasteiger partial charge is 0.208 e. The van der Waals surface area contributed by atoms with Crippen molar-refractivity contribution in [2.75, 3.05) is 0 Å². The SMILES string of the molecule is [2H]C1([2H])CC2(CCCCC2)CC([2H])([2H])C12c1ccccc1-c1ccc(-c3nc(-c4ccc(-c5ccccc5)cc4)nc(-c4ccc5ccccc5c4)n3)cc12. The van der Waals surface area contributed by atoms with Crippen LogP contribution in [0.1, 0.15) is 74.3 Å². The lowest BCUT2D eigenvalue weighted by Crippen LogP contribution is -2.38. The van der Waals surface area contributed by atoms with Crippen LogP contribution < -0.4 is 0 Å². The highest BCUT2D eigenvalue weighted by Gasteiger charge is 2.49. The van der Waals surface area contributed by atoms with Gasteiger partial charge in [0.2, 0.25) is 0 Å². The van der Waals surface area contributed by atoms with Gasteiger partial charge in [-0.3, -0.25) is 0 Å². The van der Waals surface area contributed by atoms with Crippen molar-refractivity contribution in [3.05, 3.63) is 151 Å². The maximum absolute atomic E-state index is 9.95. The minimum atomic E-state index is -1.84. The molecule has 2 fully saturated rings. The standard InChI is InChI=1S/C48H41N3/c1-3-11-33(12-4-1)35-17-20-36(21-18-35)44-49-45(38-22-19-34-13-5-6-14-37(34)31-38)51-46(50-44)39-23-24-41-40-15-7-8-16-42(40)48(43(41)32-39)29-27-47(28-30-48)25-9-2-10-26-47/h1,3-8,11-24,31-32H,2,9-10,25-30H2/i29D2,30D2. The number of hydrogen-bond acceptors (Lipinski definition) is 3. The Balaban J connectivity index is 1.15. The van der Waals surface area contributed by atoms with Crippen molar-refractivity contribution in [3.8, 4) is 56.4 Å². The second-order valence-electron chi connectivity index (χ2n) is 14.6. The third kappa shape index (κ3) is 5.21. The Bertz CT molecular complexity index is 2570.